The number of aliphatic hydroxyl groups excluding tert-OH is 1. The molecule has 0 amide bonds. The Kier molecular flexibility index (Phi) is 2.45. The summed E-state index contributed by atoms with van der Waals surface area (Å²) in [5.41, 5.74) is 0. The number of ether oxygens (including phenoxy) is 2. The highest BCUT2D eigenvalue weighted by Gasteiger charge is 2.22. The summed E-state index contributed by atoms with van der Waals surface area (Å²) in [4.78, 5) is 0. The van der Waals surface area contributed by atoms with Crippen molar-refractivity contribution in [3.8, 4) is 0 Å². The molecule has 1 rings (SSSR count). The molecular weight excluding hydrogens is 120 g/mol. The maximum atomic E-state index is 9.12. The molecule has 3 nitrogen and oxygen atoms in total. The molecule has 1 heterocycles. The van der Waals surface area contributed by atoms with Crippen LogP contribution in [0.2, 0.25) is 0 Å². The van der Waals surface area contributed by atoms with Crippen LogP contribution in [0.15, 0.2) is 0 Å². The van der Waals surface area contributed by atoms with Gasteiger partial charge in [-0.15, -0.1) is 0 Å². The molecule has 0 radical (unpaired) electrons. The van der Waals surface area contributed by atoms with Crippen molar-refractivity contribution in [2.45, 2.75) is 25.2 Å². The van der Waals surface area contributed by atoms with E-state index >= 15 is 0 Å². The van der Waals surface area contributed by atoms with Crippen molar-refractivity contribution in [2.75, 3.05) is 13.7 Å². The van der Waals surface area contributed by atoms with Gasteiger partial charge in [-0.1, -0.05) is 0 Å². The Bertz CT molecular complexity index is 84.4. The topological polar surface area (TPSA) is 38.7 Å². The fraction of sp³-hybridized carbons (Fsp3) is 1.00. The molecule has 1 fully saturated rings. The minimum Gasteiger partial charge on any atom is -0.388 e. The summed E-state index contributed by atoms with van der Waals surface area (Å²) in [6, 6.07) is 0. The van der Waals surface area contributed by atoms with Gasteiger partial charge < -0.3 is 14.6 Å². The van der Waals surface area contributed by atoms with Crippen molar-refractivity contribution in [3.05, 3.63) is 0 Å². The van der Waals surface area contributed by atoms with Crippen LogP contribution < -0.4 is 0 Å². The lowest BCUT2D eigenvalue weighted by molar-refractivity contribution is -0.201. The minimum atomic E-state index is -0.427. The first-order valence-corrected chi connectivity index (χ1v) is 3.17. The van der Waals surface area contributed by atoms with E-state index in [0.29, 0.717) is 6.61 Å². The van der Waals surface area contributed by atoms with E-state index in [9.17, 15) is 0 Å². The summed E-state index contributed by atoms with van der Waals surface area (Å²) in [6.45, 7) is 0.704. The number of methoxy groups -OCH3 is 1. The van der Waals surface area contributed by atoms with Crippen molar-refractivity contribution >= 4 is 0 Å². The summed E-state index contributed by atoms with van der Waals surface area (Å²) in [5, 5.41) is 9.12. The van der Waals surface area contributed by atoms with Gasteiger partial charge >= 0.3 is 0 Å². The Morgan fingerprint density at radius 3 is 2.89 bits per heavy atom. The zero-order valence-electron chi connectivity index (χ0n) is 5.54. The van der Waals surface area contributed by atoms with Crippen LogP contribution in [-0.2, 0) is 9.47 Å². The van der Waals surface area contributed by atoms with E-state index in [2.05, 4.69) is 0 Å². The summed E-state index contributed by atoms with van der Waals surface area (Å²) < 4.78 is 9.90. The second kappa shape index (κ2) is 3.15. The van der Waals surface area contributed by atoms with Crippen LogP contribution in [-0.4, -0.2) is 31.2 Å². The fourth-order valence-electron chi connectivity index (χ4n) is 0.964. The molecule has 1 saturated heterocycles. The van der Waals surface area contributed by atoms with Crippen molar-refractivity contribution in [3.63, 3.8) is 0 Å². The Labute approximate surface area is 54.6 Å². The first-order chi connectivity index (χ1) is 4.34. The second-order valence-electron chi connectivity index (χ2n) is 2.18. The van der Waals surface area contributed by atoms with Crippen LogP contribution in [0.5, 0.6) is 0 Å². The third kappa shape index (κ3) is 1.64. The van der Waals surface area contributed by atoms with Gasteiger partial charge in [0.25, 0.3) is 0 Å². The standard InChI is InChI=1S/C6H12O3/c1-8-6-5(7)3-2-4-9-6/h5-7H,2-4H2,1H3/t5?,6-/m0/s1. The first-order valence-electron chi connectivity index (χ1n) is 3.17. The molecule has 1 aliphatic heterocycles. The SMILES string of the molecule is CO[C@H]1OCCCC1O. The zero-order valence-corrected chi connectivity index (χ0v) is 5.54. The molecule has 0 aromatic rings. The van der Waals surface area contributed by atoms with Crippen LogP contribution in [0.25, 0.3) is 0 Å². The highest BCUT2D eigenvalue weighted by Crippen LogP contribution is 2.13. The van der Waals surface area contributed by atoms with E-state index in [-0.39, 0.29) is 0 Å². The van der Waals surface area contributed by atoms with Crippen molar-refractivity contribution in [1.29, 1.82) is 0 Å². The molecule has 54 valence electrons. The molecule has 0 spiro atoms. The molecule has 2 atom stereocenters. The third-order valence-electron chi connectivity index (χ3n) is 1.47. The van der Waals surface area contributed by atoms with E-state index in [1.807, 2.05) is 0 Å². The average Bonchev–Trinajstić information content (AvgIpc) is 1.89. The van der Waals surface area contributed by atoms with Crippen molar-refractivity contribution < 1.29 is 14.6 Å². The van der Waals surface area contributed by atoms with Gasteiger partial charge in [0.05, 0.1) is 0 Å². The molecule has 1 N–H and O–H groups in total. The van der Waals surface area contributed by atoms with E-state index in [1.165, 1.54) is 0 Å². The number of aliphatic hydroxyl groups is 1. The van der Waals surface area contributed by atoms with Crippen LogP contribution in [0.3, 0.4) is 0 Å². The van der Waals surface area contributed by atoms with Crippen molar-refractivity contribution in [2.24, 2.45) is 0 Å². The lowest BCUT2D eigenvalue weighted by Crippen LogP contribution is -2.35. The summed E-state index contributed by atoms with van der Waals surface area (Å²) in [7, 11) is 1.54. The molecular formula is C6H12O3. The van der Waals surface area contributed by atoms with Gasteiger partial charge in [-0.2, -0.15) is 0 Å². The molecule has 0 aromatic carbocycles. The normalized spacial score (nSPS) is 36.7. The Morgan fingerprint density at radius 2 is 2.44 bits per heavy atom. The predicted molar refractivity (Wildman–Crippen MR) is 32.0 cm³/mol. The highest BCUT2D eigenvalue weighted by molar-refractivity contribution is 4.64. The van der Waals surface area contributed by atoms with Crippen LogP contribution >= 0.6 is 0 Å². The van der Waals surface area contributed by atoms with Gasteiger partial charge in [0.1, 0.15) is 6.10 Å². The van der Waals surface area contributed by atoms with Crippen LogP contribution in [0.4, 0.5) is 0 Å². The quantitative estimate of drug-likeness (QED) is 0.551. The highest BCUT2D eigenvalue weighted by atomic mass is 16.7. The van der Waals surface area contributed by atoms with Crippen LogP contribution in [0.1, 0.15) is 12.8 Å². The monoisotopic (exact) mass is 132 g/mol. The van der Waals surface area contributed by atoms with E-state index < -0.39 is 12.4 Å². The summed E-state index contributed by atoms with van der Waals surface area (Å²) in [5.74, 6) is 0. The smallest absolute Gasteiger partial charge is 0.183 e. The summed E-state index contributed by atoms with van der Waals surface area (Å²) >= 11 is 0. The molecule has 1 unspecified atom stereocenters. The van der Waals surface area contributed by atoms with Gasteiger partial charge in [-0.05, 0) is 12.8 Å². The van der Waals surface area contributed by atoms with E-state index in [4.69, 9.17) is 14.6 Å². The largest absolute Gasteiger partial charge is 0.388 e. The van der Waals surface area contributed by atoms with E-state index in [1.54, 1.807) is 7.11 Å². The van der Waals surface area contributed by atoms with Gasteiger partial charge in [0.15, 0.2) is 6.29 Å². The second-order valence-corrected chi connectivity index (χ2v) is 2.18. The number of rotatable bonds is 1. The number of hydrogen-bond acceptors (Lipinski definition) is 3. The van der Waals surface area contributed by atoms with Gasteiger partial charge in [0, 0.05) is 13.7 Å². The van der Waals surface area contributed by atoms with Gasteiger partial charge in [-0.3, -0.25) is 0 Å². The molecule has 3 heteroatoms. The predicted octanol–water partition coefficient (Wildman–Crippen LogP) is 0.130. The maximum Gasteiger partial charge on any atom is 0.183 e. The molecule has 1 aliphatic rings. The lowest BCUT2D eigenvalue weighted by atomic mass is 10.1. The molecule has 0 saturated carbocycles. The molecule has 0 bridgehead atoms. The summed E-state index contributed by atoms with van der Waals surface area (Å²) in [6.07, 6.45) is 0.905. The lowest BCUT2D eigenvalue weighted by Gasteiger charge is -2.26. The average molecular weight is 132 g/mol. The van der Waals surface area contributed by atoms with E-state index in [0.717, 1.165) is 12.8 Å². The Morgan fingerprint density at radius 1 is 1.67 bits per heavy atom. The molecule has 9 heavy (non-hydrogen) atoms. The van der Waals surface area contributed by atoms with Gasteiger partial charge in [-0.25, -0.2) is 0 Å². The first kappa shape index (κ1) is 6.99. The Balaban J connectivity index is 2.30. The zero-order chi connectivity index (χ0) is 6.69. The molecule has 0 aliphatic carbocycles. The third-order valence-corrected chi connectivity index (χ3v) is 1.47. The fourth-order valence-corrected chi connectivity index (χ4v) is 0.964. The Hall–Kier alpha value is -0.120. The maximum absolute atomic E-state index is 9.12. The van der Waals surface area contributed by atoms with Gasteiger partial charge in [0.2, 0.25) is 0 Å². The van der Waals surface area contributed by atoms with Crippen LogP contribution in [0, 0.1) is 0 Å². The molecule has 0 aromatic heterocycles. The number of hydrogen-bond donors (Lipinski definition) is 1. The van der Waals surface area contributed by atoms with Crippen molar-refractivity contribution in [1.82, 2.24) is 0 Å². The minimum absolute atomic E-state index is 0.390.